The van der Waals surface area contributed by atoms with E-state index in [0.717, 1.165) is 12.3 Å². The molecule has 4 heteroatoms. The molecule has 0 fully saturated rings. The lowest BCUT2D eigenvalue weighted by Gasteiger charge is -1.91. The fourth-order valence-electron chi connectivity index (χ4n) is 0.163. The van der Waals surface area contributed by atoms with Crippen molar-refractivity contribution >= 4 is 10.1 Å². The second-order valence-electron chi connectivity index (χ2n) is 1.22. The molecule has 47 valence electrons. The smallest absolute Gasteiger partial charge is 0.264 e. The molecule has 0 heterocycles. The van der Waals surface area contributed by atoms with Crippen LogP contribution < -0.4 is 0 Å². The van der Waals surface area contributed by atoms with Crippen molar-refractivity contribution in [1.82, 2.24) is 0 Å². The molecule has 0 N–H and O–H groups in total. The fourth-order valence-corrected chi connectivity index (χ4v) is 0.489. The molecule has 0 amide bonds. The Balaban J connectivity index is 3.57. The molecule has 0 bridgehead atoms. The van der Waals surface area contributed by atoms with Gasteiger partial charge in [-0.05, 0) is 0 Å². The van der Waals surface area contributed by atoms with Gasteiger partial charge in [0.15, 0.2) is 0 Å². The first-order chi connectivity index (χ1) is 3.56. The zero-order valence-corrected chi connectivity index (χ0v) is 5.31. The maximum Gasteiger partial charge on any atom is 0.264 e. The van der Waals surface area contributed by atoms with E-state index in [-0.39, 0.29) is 6.61 Å². The highest BCUT2D eigenvalue weighted by atomic mass is 32.2. The van der Waals surface area contributed by atoms with Crippen LogP contribution in [-0.4, -0.2) is 21.3 Å². The Morgan fingerprint density at radius 3 is 2.38 bits per heavy atom. The van der Waals surface area contributed by atoms with Crippen LogP contribution in [-0.2, 0) is 14.3 Å². The van der Waals surface area contributed by atoms with Gasteiger partial charge in [0.2, 0.25) is 0 Å². The molecular weight excluding hydrogens is 128 g/mol. The molecule has 0 unspecified atom stereocenters. The molecule has 0 saturated carbocycles. The topological polar surface area (TPSA) is 43.4 Å². The summed E-state index contributed by atoms with van der Waals surface area (Å²) in [7, 11) is -3.30. The van der Waals surface area contributed by atoms with E-state index in [1.165, 1.54) is 0 Å². The van der Waals surface area contributed by atoms with Crippen LogP contribution >= 0.6 is 0 Å². The normalized spacial score (nSPS) is 11.1. The summed E-state index contributed by atoms with van der Waals surface area (Å²) in [5.41, 5.74) is 0. The van der Waals surface area contributed by atoms with E-state index in [1.54, 1.807) is 0 Å². The van der Waals surface area contributed by atoms with Crippen LogP contribution in [0.5, 0.6) is 0 Å². The first-order valence-corrected chi connectivity index (χ1v) is 3.76. The molecule has 3 nitrogen and oxygen atoms in total. The van der Waals surface area contributed by atoms with Gasteiger partial charge in [-0.15, -0.1) is 0 Å². The lowest BCUT2D eigenvalue weighted by atomic mass is 10.7. The Labute approximate surface area is 49.1 Å². The Hall–Kier alpha value is -0.350. The molecule has 0 aliphatic carbocycles. The Morgan fingerprint density at radius 1 is 1.75 bits per heavy atom. The number of hydrogen-bond acceptors (Lipinski definition) is 3. The third kappa shape index (κ3) is 5.65. The first-order valence-electron chi connectivity index (χ1n) is 1.94. The number of hydrogen-bond donors (Lipinski definition) is 0. The summed E-state index contributed by atoms with van der Waals surface area (Å²) >= 11 is 0. The largest absolute Gasteiger partial charge is 0.266 e. The molecular formula is C4H7O3S. The van der Waals surface area contributed by atoms with Crippen molar-refractivity contribution in [3.05, 3.63) is 12.7 Å². The van der Waals surface area contributed by atoms with Gasteiger partial charge in [-0.25, -0.2) is 0 Å². The summed E-state index contributed by atoms with van der Waals surface area (Å²) < 4.78 is 24.4. The van der Waals surface area contributed by atoms with Crippen LogP contribution in [0.1, 0.15) is 0 Å². The van der Waals surface area contributed by atoms with Gasteiger partial charge in [-0.1, -0.05) is 12.7 Å². The van der Waals surface area contributed by atoms with Crippen molar-refractivity contribution < 1.29 is 12.6 Å². The number of rotatable bonds is 3. The second-order valence-corrected chi connectivity index (χ2v) is 2.87. The molecule has 0 aromatic carbocycles. The summed E-state index contributed by atoms with van der Waals surface area (Å²) in [5.74, 6) is 0. The van der Waals surface area contributed by atoms with Crippen molar-refractivity contribution in [1.29, 1.82) is 0 Å². The van der Waals surface area contributed by atoms with Crippen LogP contribution in [0.4, 0.5) is 0 Å². The van der Waals surface area contributed by atoms with E-state index in [0.29, 0.717) is 0 Å². The third-order valence-electron chi connectivity index (χ3n) is 0.378. The van der Waals surface area contributed by atoms with E-state index < -0.39 is 10.1 Å². The summed E-state index contributed by atoms with van der Waals surface area (Å²) in [6.07, 6.45) is 2.09. The molecule has 0 atom stereocenters. The minimum atomic E-state index is -3.30. The molecule has 0 spiro atoms. The molecule has 8 heavy (non-hydrogen) atoms. The highest BCUT2D eigenvalue weighted by Gasteiger charge is 1.95. The summed E-state index contributed by atoms with van der Waals surface area (Å²) in [5, 5.41) is 0. The van der Waals surface area contributed by atoms with Gasteiger partial charge >= 0.3 is 0 Å². The van der Waals surface area contributed by atoms with Crippen molar-refractivity contribution in [2.24, 2.45) is 0 Å². The average molecular weight is 135 g/mol. The van der Waals surface area contributed by atoms with Gasteiger partial charge in [0, 0.05) is 0 Å². The predicted molar refractivity (Wildman–Crippen MR) is 29.7 cm³/mol. The quantitative estimate of drug-likeness (QED) is 0.510. The van der Waals surface area contributed by atoms with Crippen LogP contribution in [0.3, 0.4) is 0 Å². The van der Waals surface area contributed by atoms with Gasteiger partial charge in [0.05, 0.1) is 12.9 Å². The van der Waals surface area contributed by atoms with E-state index in [4.69, 9.17) is 6.58 Å². The Kier molecular flexibility index (Phi) is 2.71. The maximum atomic E-state index is 10.1. The predicted octanol–water partition coefficient (Wildman–Crippen LogP) is -0.0482. The zero-order valence-electron chi connectivity index (χ0n) is 4.49. The van der Waals surface area contributed by atoms with Crippen LogP contribution in [0.2, 0.25) is 0 Å². The lowest BCUT2D eigenvalue weighted by molar-refractivity contribution is 0.361. The van der Waals surface area contributed by atoms with Gasteiger partial charge < -0.3 is 0 Å². The summed E-state index contributed by atoms with van der Waals surface area (Å²) in [4.78, 5) is 0. The van der Waals surface area contributed by atoms with Gasteiger partial charge in [0.25, 0.3) is 10.1 Å². The van der Waals surface area contributed by atoms with Crippen molar-refractivity contribution in [2.75, 3.05) is 12.9 Å². The fraction of sp³-hybridized carbons (Fsp3) is 0.500. The van der Waals surface area contributed by atoms with E-state index in [2.05, 4.69) is 4.18 Å². The first kappa shape index (κ1) is 7.65. The Bertz CT molecular complexity index is 156. The zero-order chi connectivity index (χ0) is 6.62. The van der Waals surface area contributed by atoms with Crippen molar-refractivity contribution in [2.45, 2.75) is 0 Å². The molecule has 1 radical (unpaired) electrons. The second kappa shape index (κ2) is 2.84. The van der Waals surface area contributed by atoms with Crippen molar-refractivity contribution in [3.63, 3.8) is 0 Å². The summed E-state index contributed by atoms with van der Waals surface area (Å²) in [6.45, 7) is 4.76. The Morgan fingerprint density at radius 2 is 2.25 bits per heavy atom. The highest BCUT2D eigenvalue weighted by molar-refractivity contribution is 7.85. The molecule has 0 aromatic heterocycles. The van der Waals surface area contributed by atoms with E-state index in [9.17, 15) is 8.42 Å². The van der Waals surface area contributed by atoms with Crippen molar-refractivity contribution in [3.8, 4) is 0 Å². The monoisotopic (exact) mass is 135 g/mol. The molecule has 0 aromatic rings. The molecule has 0 rings (SSSR count). The minimum absolute atomic E-state index is 0.0567. The van der Waals surface area contributed by atoms with Gasteiger partial charge in [-0.2, -0.15) is 8.42 Å². The average Bonchev–Trinajstić information content (AvgIpc) is 1.59. The van der Waals surface area contributed by atoms with E-state index >= 15 is 0 Å². The third-order valence-corrected chi connectivity index (χ3v) is 0.943. The lowest BCUT2D eigenvalue weighted by Crippen LogP contribution is -2.01. The maximum absolute atomic E-state index is 10.1. The summed E-state index contributed by atoms with van der Waals surface area (Å²) in [6, 6.07) is 0. The van der Waals surface area contributed by atoms with Crippen LogP contribution in [0, 0.1) is 6.58 Å². The SMILES string of the molecule is [CH]=CCOS(C)(=O)=O. The molecule has 0 aliphatic heterocycles. The van der Waals surface area contributed by atoms with Gasteiger partial charge in [0.1, 0.15) is 0 Å². The van der Waals surface area contributed by atoms with Gasteiger partial charge in [-0.3, -0.25) is 4.18 Å². The van der Waals surface area contributed by atoms with Crippen LogP contribution in [0.25, 0.3) is 0 Å². The molecule has 0 saturated heterocycles. The molecule has 0 aliphatic rings. The minimum Gasteiger partial charge on any atom is -0.266 e. The van der Waals surface area contributed by atoms with E-state index in [1.807, 2.05) is 0 Å². The van der Waals surface area contributed by atoms with Crippen LogP contribution in [0.15, 0.2) is 6.08 Å². The highest BCUT2D eigenvalue weighted by Crippen LogP contribution is 1.83. The standard InChI is InChI=1S/C4H7O3S/c1-3-4-7-8(2,5)6/h1,3H,4H2,2H3.